The average molecular weight is 284 g/mol. The molecule has 0 spiro atoms. The van der Waals surface area contributed by atoms with E-state index in [2.05, 4.69) is 30.7 Å². The molecule has 1 rings (SSSR count). The zero-order valence-corrected chi connectivity index (χ0v) is 14.1. The fourth-order valence-corrected chi connectivity index (χ4v) is 3.19. The molecular formula is C17H37N3. The van der Waals surface area contributed by atoms with Crippen LogP contribution in [0.4, 0.5) is 0 Å². The topological polar surface area (TPSA) is 32.5 Å². The quantitative estimate of drug-likeness (QED) is 0.625. The Morgan fingerprint density at radius 1 is 1.05 bits per heavy atom. The molecule has 0 aromatic heterocycles. The minimum atomic E-state index is 0.613. The van der Waals surface area contributed by atoms with E-state index in [1.165, 1.54) is 71.0 Å². The van der Waals surface area contributed by atoms with Crippen molar-refractivity contribution in [1.82, 2.24) is 9.80 Å². The molecular weight excluding hydrogens is 246 g/mol. The molecule has 3 nitrogen and oxygen atoms in total. The first-order chi connectivity index (χ1) is 9.69. The number of piperazine rings is 1. The van der Waals surface area contributed by atoms with Crippen LogP contribution in [0, 0.1) is 0 Å². The van der Waals surface area contributed by atoms with Gasteiger partial charge in [0.2, 0.25) is 0 Å². The van der Waals surface area contributed by atoms with Crippen LogP contribution < -0.4 is 5.73 Å². The smallest absolute Gasteiger partial charge is 0.0219 e. The lowest BCUT2D eigenvalue weighted by molar-refractivity contribution is 0.0703. The van der Waals surface area contributed by atoms with E-state index in [0.717, 1.165) is 6.54 Å². The summed E-state index contributed by atoms with van der Waals surface area (Å²) in [7, 11) is 2.23. The van der Waals surface area contributed by atoms with E-state index in [-0.39, 0.29) is 0 Å². The molecule has 0 aliphatic carbocycles. The maximum atomic E-state index is 6.01. The van der Waals surface area contributed by atoms with Gasteiger partial charge in [-0.2, -0.15) is 0 Å². The Labute approximate surface area is 126 Å². The molecule has 0 aromatic carbocycles. The Morgan fingerprint density at radius 3 is 2.30 bits per heavy atom. The summed E-state index contributed by atoms with van der Waals surface area (Å²) in [5.41, 5.74) is 6.01. The average Bonchev–Trinajstić information content (AvgIpc) is 2.45. The van der Waals surface area contributed by atoms with Crippen molar-refractivity contribution in [2.24, 2.45) is 5.73 Å². The summed E-state index contributed by atoms with van der Waals surface area (Å²) in [5.74, 6) is 0. The first-order valence-corrected chi connectivity index (χ1v) is 8.83. The summed E-state index contributed by atoms with van der Waals surface area (Å²) < 4.78 is 0. The monoisotopic (exact) mass is 283 g/mol. The summed E-state index contributed by atoms with van der Waals surface area (Å²) in [6.45, 7) is 9.01. The number of hydrogen-bond donors (Lipinski definition) is 1. The Bertz CT molecular complexity index is 232. The number of unbranched alkanes of at least 4 members (excludes halogenated alkanes) is 6. The highest BCUT2D eigenvalue weighted by Gasteiger charge is 2.25. The molecule has 1 aliphatic rings. The van der Waals surface area contributed by atoms with Gasteiger partial charge in [-0.05, 0) is 20.4 Å². The highest BCUT2D eigenvalue weighted by atomic mass is 15.3. The first kappa shape index (κ1) is 17.9. The van der Waals surface area contributed by atoms with Gasteiger partial charge in [-0.1, -0.05) is 51.9 Å². The van der Waals surface area contributed by atoms with E-state index in [1.807, 2.05) is 0 Å². The van der Waals surface area contributed by atoms with Crippen molar-refractivity contribution in [2.75, 3.05) is 33.2 Å². The molecule has 1 fully saturated rings. The molecule has 20 heavy (non-hydrogen) atoms. The maximum absolute atomic E-state index is 6.01. The van der Waals surface area contributed by atoms with Gasteiger partial charge in [-0.15, -0.1) is 0 Å². The number of nitrogens with two attached hydrogens (primary N) is 1. The molecule has 1 saturated heterocycles. The molecule has 0 amide bonds. The van der Waals surface area contributed by atoms with E-state index >= 15 is 0 Å². The minimum Gasteiger partial charge on any atom is -0.329 e. The molecule has 2 atom stereocenters. The van der Waals surface area contributed by atoms with Gasteiger partial charge in [0.05, 0.1) is 0 Å². The Hall–Kier alpha value is -0.120. The zero-order chi connectivity index (χ0) is 14.8. The lowest BCUT2D eigenvalue weighted by atomic mass is 10.0. The van der Waals surface area contributed by atoms with Gasteiger partial charge in [0, 0.05) is 38.3 Å². The second kappa shape index (κ2) is 10.6. The third-order valence-electron chi connectivity index (χ3n) is 4.92. The minimum absolute atomic E-state index is 0.613. The standard InChI is InChI=1S/C17H37N3/c1-4-5-6-7-8-9-10-11-17(14-18)20-13-12-19(3)16(2)15-20/h16-17H,4-15,18H2,1-3H3. The normalized spacial score (nSPS) is 23.1. The summed E-state index contributed by atoms with van der Waals surface area (Å²) in [4.78, 5) is 5.08. The molecule has 1 aliphatic heterocycles. The van der Waals surface area contributed by atoms with Crippen LogP contribution in [0.2, 0.25) is 0 Å². The lowest BCUT2D eigenvalue weighted by Crippen LogP contribution is -2.55. The van der Waals surface area contributed by atoms with Crippen molar-refractivity contribution in [3.63, 3.8) is 0 Å². The molecule has 0 saturated carbocycles. The summed E-state index contributed by atoms with van der Waals surface area (Å²) in [6, 6.07) is 1.29. The zero-order valence-electron chi connectivity index (χ0n) is 14.1. The van der Waals surface area contributed by atoms with Gasteiger partial charge in [0.15, 0.2) is 0 Å². The molecule has 1 heterocycles. The van der Waals surface area contributed by atoms with Crippen LogP contribution in [0.3, 0.4) is 0 Å². The van der Waals surface area contributed by atoms with E-state index in [4.69, 9.17) is 5.73 Å². The molecule has 0 radical (unpaired) electrons. The van der Waals surface area contributed by atoms with E-state index in [1.54, 1.807) is 0 Å². The lowest BCUT2D eigenvalue weighted by Gasteiger charge is -2.41. The van der Waals surface area contributed by atoms with E-state index in [9.17, 15) is 0 Å². The van der Waals surface area contributed by atoms with Crippen molar-refractivity contribution >= 4 is 0 Å². The van der Waals surface area contributed by atoms with E-state index < -0.39 is 0 Å². The van der Waals surface area contributed by atoms with Crippen LogP contribution >= 0.6 is 0 Å². The third-order valence-corrected chi connectivity index (χ3v) is 4.92. The van der Waals surface area contributed by atoms with Gasteiger partial charge in [-0.3, -0.25) is 4.90 Å². The summed E-state index contributed by atoms with van der Waals surface area (Å²) in [6.07, 6.45) is 11.1. The number of likely N-dealkylation sites (N-methyl/N-ethyl adjacent to an activating group) is 1. The largest absolute Gasteiger partial charge is 0.329 e. The summed E-state index contributed by atoms with van der Waals surface area (Å²) in [5, 5.41) is 0. The fraction of sp³-hybridized carbons (Fsp3) is 1.00. The van der Waals surface area contributed by atoms with Crippen LogP contribution in [0.5, 0.6) is 0 Å². The van der Waals surface area contributed by atoms with Gasteiger partial charge in [0.1, 0.15) is 0 Å². The first-order valence-electron chi connectivity index (χ1n) is 8.83. The number of nitrogens with zero attached hydrogens (tertiary/aromatic N) is 2. The maximum Gasteiger partial charge on any atom is 0.0219 e. The van der Waals surface area contributed by atoms with Gasteiger partial charge in [-0.25, -0.2) is 0 Å². The molecule has 120 valence electrons. The van der Waals surface area contributed by atoms with Crippen molar-refractivity contribution in [1.29, 1.82) is 0 Å². The second-order valence-corrected chi connectivity index (χ2v) is 6.62. The van der Waals surface area contributed by atoms with Crippen LogP contribution in [-0.2, 0) is 0 Å². The molecule has 3 heteroatoms. The fourth-order valence-electron chi connectivity index (χ4n) is 3.19. The van der Waals surface area contributed by atoms with Crippen LogP contribution in [0.15, 0.2) is 0 Å². The molecule has 2 N–H and O–H groups in total. The Balaban J connectivity index is 2.13. The predicted molar refractivity (Wildman–Crippen MR) is 89.1 cm³/mol. The Kier molecular flexibility index (Phi) is 9.49. The molecule has 0 bridgehead atoms. The molecule has 2 unspecified atom stereocenters. The second-order valence-electron chi connectivity index (χ2n) is 6.62. The van der Waals surface area contributed by atoms with Crippen molar-refractivity contribution in [2.45, 2.75) is 77.3 Å². The van der Waals surface area contributed by atoms with Crippen molar-refractivity contribution in [3.8, 4) is 0 Å². The Morgan fingerprint density at radius 2 is 1.70 bits per heavy atom. The van der Waals surface area contributed by atoms with Crippen LogP contribution in [0.25, 0.3) is 0 Å². The van der Waals surface area contributed by atoms with Crippen LogP contribution in [0.1, 0.15) is 65.2 Å². The van der Waals surface area contributed by atoms with Crippen molar-refractivity contribution < 1.29 is 0 Å². The highest BCUT2D eigenvalue weighted by Crippen LogP contribution is 2.16. The summed E-state index contributed by atoms with van der Waals surface area (Å²) >= 11 is 0. The van der Waals surface area contributed by atoms with Crippen molar-refractivity contribution in [3.05, 3.63) is 0 Å². The third kappa shape index (κ3) is 6.55. The van der Waals surface area contributed by atoms with E-state index in [0.29, 0.717) is 12.1 Å². The number of rotatable bonds is 10. The van der Waals surface area contributed by atoms with Crippen LogP contribution in [-0.4, -0.2) is 55.1 Å². The number of hydrogen-bond acceptors (Lipinski definition) is 3. The SMILES string of the molecule is CCCCCCCCCC(CN)N1CCN(C)C(C)C1. The van der Waals surface area contributed by atoms with Gasteiger partial charge < -0.3 is 10.6 Å². The van der Waals surface area contributed by atoms with Gasteiger partial charge in [0.25, 0.3) is 0 Å². The van der Waals surface area contributed by atoms with Gasteiger partial charge >= 0.3 is 0 Å². The predicted octanol–water partition coefficient (Wildman–Crippen LogP) is 3.09. The highest BCUT2D eigenvalue weighted by molar-refractivity contribution is 4.82. The molecule has 0 aromatic rings.